The molecule has 0 bridgehead atoms. The van der Waals surface area contributed by atoms with Crippen LogP contribution in [0.3, 0.4) is 0 Å². The molecule has 184 valence electrons. The Kier molecular flexibility index (Phi) is 6.53. The van der Waals surface area contributed by atoms with Crippen LogP contribution in [0.4, 0.5) is 0 Å². The fraction of sp³-hybridized carbons (Fsp3) is 0.409. The number of phenols is 3. The van der Waals surface area contributed by atoms with Gasteiger partial charge >= 0.3 is 0 Å². The predicted molar refractivity (Wildman–Crippen MR) is 111 cm³/mol. The lowest BCUT2D eigenvalue weighted by Crippen LogP contribution is -2.60. The molecule has 2 heterocycles. The molecule has 0 unspecified atom stereocenters. The van der Waals surface area contributed by atoms with Crippen LogP contribution in [0.25, 0.3) is 0 Å². The van der Waals surface area contributed by atoms with Gasteiger partial charge in [0.05, 0.1) is 13.7 Å². The molecule has 2 aliphatic heterocycles. The molecule has 34 heavy (non-hydrogen) atoms. The first-order valence-electron chi connectivity index (χ1n) is 10.3. The lowest BCUT2D eigenvalue weighted by atomic mass is 9.92. The van der Waals surface area contributed by atoms with Crippen LogP contribution in [-0.4, -0.2) is 92.1 Å². The highest BCUT2D eigenvalue weighted by Gasteiger charge is 2.49. The maximum atomic E-state index is 13.4. The van der Waals surface area contributed by atoms with Gasteiger partial charge in [0.1, 0.15) is 47.2 Å². The van der Waals surface area contributed by atoms with Crippen LogP contribution < -0.4 is 9.47 Å². The number of phenolic OH excluding ortho intramolecular Hbond substituents is 3. The Morgan fingerprint density at radius 2 is 1.68 bits per heavy atom. The summed E-state index contributed by atoms with van der Waals surface area (Å²) in [5.41, 5.74) is -0.0548. The van der Waals surface area contributed by atoms with Crippen LogP contribution in [0.15, 0.2) is 30.3 Å². The van der Waals surface area contributed by atoms with Gasteiger partial charge in [0.25, 0.3) is 0 Å². The van der Waals surface area contributed by atoms with E-state index in [0.29, 0.717) is 0 Å². The number of aliphatic hydroxyl groups excluding tert-OH is 4. The van der Waals surface area contributed by atoms with Gasteiger partial charge in [-0.25, -0.2) is 0 Å². The van der Waals surface area contributed by atoms with Gasteiger partial charge in [-0.05, 0) is 17.7 Å². The number of hydrogen-bond donors (Lipinski definition) is 7. The van der Waals surface area contributed by atoms with Crippen LogP contribution in [0, 0.1) is 0 Å². The van der Waals surface area contributed by atoms with E-state index in [1.807, 2.05) is 0 Å². The minimum absolute atomic E-state index is 0.0481. The van der Waals surface area contributed by atoms with Gasteiger partial charge in [-0.2, -0.15) is 0 Å². The zero-order valence-electron chi connectivity index (χ0n) is 17.8. The Bertz CT molecular complexity index is 1070. The topological polar surface area (TPSA) is 196 Å². The normalized spacial score (nSPS) is 31.0. The summed E-state index contributed by atoms with van der Waals surface area (Å²) in [7, 11) is 1.35. The largest absolute Gasteiger partial charge is 0.507 e. The minimum atomic E-state index is -1.80. The average Bonchev–Trinajstić information content (AvgIpc) is 2.82. The first-order chi connectivity index (χ1) is 16.2. The number of fused-ring (bicyclic) bond motifs is 1. The second-order valence-electron chi connectivity index (χ2n) is 7.92. The molecule has 0 spiro atoms. The second-order valence-corrected chi connectivity index (χ2v) is 7.92. The lowest BCUT2D eigenvalue weighted by Gasteiger charge is -2.42. The fourth-order valence-electron chi connectivity index (χ4n) is 3.93. The maximum absolute atomic E-state index is 13.4. The molecule has 0 saturated carbocycles. The Hall–Kier alpha value is -3.13. The van der Waals surface area contributed by atoms with Crippen molar-refractivity contribution in [3.63, 3.8) is 0 Å². The number of carbonyl (C=O) groups is 1. The third-order valence-electron chi connectivity index (χ3n) is 5.78. The van der Waals surface area contributed by atoms with Crippen molar-refractivity contribution in [2.75, 3.05) is 13.7 Å². The third kappa shape index (κ3) is 4.11. The number of aromatic hydroxyl groups is 3. The summed E-state index contributed by atoms with van der Waals surface area (Å²) in [6, 6.07) is 6.23. The van der Waals surface area contributed by atoms with Crippen LogP contribution in [0.5, 0.6) is 28.7 Å². The van der Waals surface area contributed by atoms with E-state index in [1.54, 1.807) is 0 Å². The summed E-state index contributed by atoms with van der Waals surface area (Å²) in [6.07, 6.45) is -11.0. The van der Waals surface area contributed by atoms with E-state index in [4.69, 9.17) is 18.9 Å². The van der Waals surface area contributed by atoms with Gasteiger partial charge in [-0.1, -0.05) is 6.07 Å². The van der Waals surface area contributed by atoms with Crippen molar-refractivity contribution < 1.29 is 59.5 Å². The lowest BCUT2D eigenvalue weighted by molar-refractivity contribution is -0.311. The number of Topliss-reactive ketones (excluding diaryl/α,β-unsaturated/α-hetero) is 1. The summed E-state index contributed by atoms with van der Waals surface area (Å²) in [4.78, 5) is 13.4. The summed E-state index contributed by atoms with van der Waals surface area (Å²) < 4.78 is 22.1. The maximum Gasteiger partial charge on any atom is 0.203 e. The highest BCUT2D eigenvalue weighted by molar-refractivity contribution is 6.05. The molecule has 7 N–H and O–H groups in total. The van der Waals surface area contributed by atoms with Crippen molar-refractivity contribution in [2.24, 2.45) is 0 Å². The van der Waals surface area contributed by atoms with Gasteiger partial charge in [0, 0.05) is 12.1 Å². The first kappa shape index (κ1) is 24.0. The number of ketones is 1. The van der Waals surface area contributed by atoms with Gasteiger partial charge in [-0.3, -0.25) is 4.79 Å². The Morgan fingerprint density at radius 3 is 2.32 bits per heavy atom. The van der Waals surface area contributed by atoms with Gasteiger partial charge in [-0.15, -0.1) is 0 Å². The molecule has 0 radical (unpaired) electrons. The number of aliphatic hydroxyl groups is 4. The quantitative estimate of drug-likeness (QED) is 0.267. The minimum Gasteiger partial charge on any atom is -0.507 e. The van der Waals surface area contributed by atoms with Crippen molar-refractivity contribution in [1.29, 1.82) is 0 Å². The van der Waals surface area contributed by atoms with E-state index in [0.717, 1.165) is 6.07 Å². The molecule has 2 aromatic carbocycles. The predicted octanol–water partition coefficient (Wildman–Crippen LogP) is -0.687. The molecule has 4 rings (SSSR count). The van der Waals surface area contributed by atoms with Crippen molar-refractivity contribution in [2.45, 2.75) is 42.9 Å². The van der Waals surface area contributed by atoms with Gasteiger partial charge < -0.3 is 54.7 Å². The monoisotopic (exact) mass is 480 g/mol. The molecule has 12 heteroatoms. The molecular formula is C22H24O12. The van der Waals surface area contributed by atoms with E-state index < -0.39 is 72.6 Å². The van der Waals surface area contributed by atoms with Gasteiger partial charge in [0.15, 0.2) is 30.0 Å². The van der Waals surface area contributed by atoms with E-state index >= 15 is 0 Å². The average molecular weight is 480 g/mol. The van der Waals surface area contributed by atoms with Crippen molar-refractivity contribution in [3.05, 3.63) is 41.5 Å². The number of benzene rings is 2. The number of rotatable bonds is 5. The summed E-state index contributed by atoms with van der Waals surface area (Å²) in [5.74, 6) is -2.01. The van der Waals surface area contributed by atoms with Crippen molar-refractivity contribution in [1.82, 2.24) is 0 Å². The molecule has 1 fully saturated rings. The Labute approximate surface area is 192 Å². The Morgan fingerprint density at radius 1 is 0.941 bits per heavy atom. The summed E-state index contributed by atoms with van der Waals surface area (Å²) >= 11 is 0. The number of carbonyl (C=O) groups excluding carboxylic acids is 1. The number of hydrogen-bond acceptors (Lipinski definition) is 12. The fourth-order valence-corrected chi connectivity index (χ4v) is 3.93. The zero-order chi connectivity index (χ0) is 24.7. The standard InChI is InChI=1S/C22H24O12/c1-31-9-5-12(26)15-13(6-9)32-20(8-2-3-10(24)11(25)4-8)21(17(15)28)34-22-19(30)18(29)16(27)14(7-23)33-22/h2-6,14,16,18-27,29-30H,7H2,1H3/t14-,16-,18+,19-,20-,21-,22+/m0/s1. The highest BCUT2D eigenvalue weighted by Crippen LogP contribution is 2.44. The smallest absolute Gasteiger partial charge is 0.203 e. The Balaban J connectivity index is 1.75. The molecule has 0 amide bonds. The van der Waals surface area contributed by atoms with Crippen molar-refractivity contribution >= 4 is 5.78 Å². The van der Waals surface area contributed by atoms with Crippen LogP contribution >= 0.6 is 0 Å². The van der Waals surface area contributed by atoms with Crippen LogP contribution in [0.2, 0.25) is 0 Å². The van der Waals surface area contributed by atoms with Gasteiger partial charge in [0.2, 0.25) is 5.78 Å². The molecule has 1 saturated heterocycles. The number of methoxy groups -OCH3 is 1. The van der Waals surface area contributed by atoms with Crippen LogP contribution in [0.1, 0.15) is 22.0 Å². The molecule has 7 atom stereocenters. The van der Waals surface area contributed by atoms with E-state index in [1.165, 1.54) is 31.4 Å². The molecular weight excluding hydrogens is 456 g/mol. The van der Waals surface area contributed by atoms with Crippen molar-refractivity contribution in [3.8, 4) is 28.7 Å². The van der Waals surface area contributed by atoms with Crippen LogP contribution in [-0.2, 0) is 9.47 Å². The molecule has 2 aliphatic rings. The van der Waals surface area contributed by atoms with E-state index in [2.05, 4.69) is 0 Å². The second kappa shape index (κ2) is 9.25. The summed E-state index contributed by atoms with van der Waals surface area (Å²) in [6.45, 7) is -0.710. The molecule has 12 nitrogen and oxygen atoms in total. The zero-order valence-corrected chi connectivity index (χ0v) is 17.8. The highest BCUT2D eigenvalue weighted by atomic mass is 16.7. The van der Waals surface area contributed by atoms with E-state index in [9.17, 15) is 40.5 Å². The van der Waals surface area contributed by atoms with E-state index in [-0.39, 0.29) is 22.6 Å². The third-order valence-corrected chi connectivity index (χ3v) is 5.78. The number of ether oxygens (including phenoxy) is 4. The first-order valence-corrected chi connectivity index (χ1v) is 10.3. The molecule has 2 aromatic rings. The molecule has 0 aliphatic carbocycles. The SMILES string of the molecule is COc1cc(O)c2c(c1)O[C@@H](c1ccc(O)c(O)c1)[C@@H](O[C@H]1O[C@@H](CO)[C@H](O)[C@@H](O)[C@@H]1O)C2=O. The molecule has 0 aromatic heterocycles. The summed E-state index contributed by atoms with van der Waals surface area (Å²) in [5, 5.41) is 69.9.